The number of carbonyl (C=O) groups is 1. The Morgan fingerprint density at radius 1 is 1.32 bits per heavy atom. The van der Waals surface area contributed by atoms with E-state index < -0.39 is 4.83 Å². The highest BCUT2D eigenvalue weighted by atomic mass is 79.9. The van der Waals surface area contributed by atoms with Gasteiger partial charge < -0.3 is 4.74 Å². The molecule has 0 aliphatic rings. The van der Waals surface area contributed by atoms with E-state index in [9.17, 15) is 4.79 Å². The third-order valence-corrected chi connectivity index (χ3v) is 4.80. The fourth-order valence-corrected chi connectivity index (χ4v) is 3.65. The number of alkyl halides is 1. The molecule has 0 saturated heterocycles. The third kappa shape index (κ3) is 3.45. The van der Waals surface area contributed by atoms with Crippen molar-refractivity contribution in [3.05, 3.63) is 57.2 Å². The Kier molecular flexibility index (Phi) is 5.16. The molecule has 5 heteroatoms. The molecule has 0 saturated carbocycles. The average Bonchev–Trinajstić information content (AvgIpc) is 2.93. The molecular formula is C14H12BrClO2S. The number of rotatable bonds is 5. The number of carbonyl (C=O) groups excluding carboxylic acids is 1. The predicted molar refractivity (Wildman–Crippen MR) is 82.6 cm³/mol. The van der Waals surface area contributed by atoms with Crippen molar-refractivity contribution in [2.24, 2.45) is 0 Å². The SMILES string of the molecule is COC(c1cccs1)C(Br)C(=O)c1ccc(Cl)cc1. The molecular weight excluding hydrogens is 348 g/mol. The number of methoxy groups -OCH3 is 1. The van der Waals surface area contributed by atoms with Crippen LogP contribution in [0.15, 0.2) is 41.8 Å². The number of ether oxygens (including phenoxy) is 1. The average molecular weight is 360 g/mol. The summed E-state index contributed by atoms with van der Waals surface area (Å²) in [5, 5.41) is 2.58. The van der Waals surface area contributed by atoms with Crippen LogP contribution >= 0.6 is 38.9 Å². The van der Waals surface area contributed by atoms with Crippen molar-refractivity contribution in [1.29, 1.82) is 0 Å². The van der Waals surface area contributed by atoms with Crippen LogP contribution in [0.3, 0.4) is 0 Å². The van der Waals surface area contributed by atoms with Crippen LogP contribution < -0.4 is 0 Å². The lowest BCUT2D eigenvalue weighted by molar-refractivity contribution is 0.0781. The van der Waals surface area contributed by atoms with Crippen LogP contribution in [0.25, 0.3) is 0 Å². The largest absolute Gasteiger partial charge is 0.374 e. The van der Waals surface area contributed by atoms with E-state index in [0.29, 0.717) is 10.6 Å². The Balaban J connectivity index is 2.20. The minimum absolute atomic E-state index is 0.0167. The predicted octanol–water partition coefficient (Wildman–Crippen LogP) is 4.74. The smallest absolute Gasteiger partial charge is 0.179 e. The Morgan fingerprint density at radius 3 is 2.53 bits per heavy atom. The van der Waals surface area contributed by atoms with Crippen molar-refractivity contribution in [2.75, 3.05) is 7.11 Å². The van der Waals surface area contributed by atoms with E-state index in [1.807, 2.05) is 17.5 Å². The maximum Gasteiger partial charge on any atom is 0.179 e. The van der Waals surface area contributed by atoms with Crippen molar-refractivity contribution in [2.45, 2.75) is 10.9 Å². The Bertz CT molecular complexity index is 539. The highest BCUT2D eigenvalue weighted by Crippen LogP contribution is 2.31. The molecule has 0 spiro atoms. The maximum absolute atomic E-state index is 12.4. The molecule has 0 amide bonds. The Hall–Kier alpha value is -0.680. The normalized spacial score (nSPS) is 14.1. The summed E-state index contributed by atoms with van der Waals surface area (Å²) in [6.07, 6.45) is -0.289. The molecule has 0 fully saturated rings. The van der Waals surface area contributed by atoms with E-state index in [-0.39, 0.29) is 11.9 Å². The summed E-state index contributed by atoms with van der Waals surface area (Å²) in [7, 11) is 1.60. The van der Waals surface area contributed by atoms with E-state index >= 15 is 0 Å². The first-order valence-electron chi connectivity index (χ1n) is 5.63. The minimum atomic E-state index is -0.419. The molecule has 0 aliphatic heterocycles. The number of hydrogen-bond donors (Lipinski definition) is 0. The van der Waals surface area contributed by atoms with Gasteiger partial charge >= 0.3 is 0 Å². The van der Waals surface area contributed by atoms with Crippen molar-refractivity contribution in [1.82, 2.24) is 0 Å². The van der Waals surface area contributed by atoms with Gasteiger partial charge in [0.05, 0.1) is 0 Å². The van der Waals surface area contributed by atoms with Gasteiger partial charge in [-0.05, 0) is 35.7 Å². The van der Waals surface area contributed by atoms with Crippen molar-refractivity contribution in [3.8, 4) is 0 Å². The van der Waals surface area contributed by atoms with Gasteiger partial charge in [-0.2, -0.15) is 0 Å². The number of halogens is 2. The monoisotopic (exact) mass is 358 g/mol. The molecule has 0 aliphatic carbocycles. The zero-order valence-electron chi connectivity index (χ0n) is 10.2. The highest BCUT2D eigenvalue weighted by Gasteiger charge is 2.28. The van der Waals surface area contributed by atoms with Gasteiger partial charge in [0, 0.05) is 22.6 Å². The second kappa shape index (κ2) is 6.66. The lowest BCUT2D eigenvalue weighted by Gasteiger charge is -2.19. The van der Waals surface area contributed by atoms with Gasteiger partial charge in [0.2, 0.25) is 0 Å². The van der Waals surface area contributed by atoms with Gasteiger partial charge in [0.15, 0.2) is 5.78 Å². The molecule has 2 unspecified atom stereocenters. The van der Waals surface area contributed by atoms with Crippen molar-refractivity contribution < 1.29 is 9.53 Å². The molecule has 2 nitrogen and oxygen atoms in total. The number of benzene rings is 1. The summed E-state index contributed by atoms with van der Waals surface area (Å²) >= 11 is 10.8. The summed E-state index contributed by atoms with van der Waals surface area (Å²) < 4.78 is 5.44. The van der Waals surface area contributed by atoms with Crippen LogP contribution in [-0.4, -0.2) is 17.7 Å². The molecule has 2 atom stereocenters. The second-order valence-electron chi connectivity index (χ2n) is 3.94. The van der Waals surface area contributed by atoms with Crippen LogP contribution in [0.5, 0.6) is 0 Å². The highest BCUT2D eigenvalue weighted by molar-refractivity contribution is 9.10. The zero-order chi connectivity index (χ0) is 13.8. The molecule has 19 heavy (non-hydrogen) atoms. The van der Waals surface area contributed by atoms with Crippen molar-refractivity contribution in [3.63, 3.8) is 0 Å². The fraction of sp³-hybridized carbons (Fsp3) is 0.214. The zero-order valence-corrected chi connectivity index (χ0v) is 13.3. The van der Waals surface area contributed by atoms with Crippen molar-refractivity contribution >= 4 is 44.7 Å². The van der Waals surface area contributed by atoms with Gasteiger partial charge in [0.25, 0.3) is 0 Å². The maximum atomic E-state index is 12.4. The van der Waals surface area contributed by atoms with E-state index in [1.165, 1.54) is 0 Å². The van der Waals surface area contributed by atoms with Crippen LogP contribution in [0.2, 0.25) is 5.02 Å². The summed E-state index contributed by atoms with van der Waals surface area (Å²) in [6, 6.07) is 10.8. The number of ketones is 1. The molecule has 1 aromatic heterocycles. The Labute approximate surface area is 129 Å². The molecule has 1 heterocycles. The van der Waals surface area contributed by atoms with Crippen LogP contribution in [-0.2, 0) is 4.74 Å². The van der Waals surface area contributed by atoms with E-state index in [1.54, 1.807) is 42.7 Å². The van der Waals surface area contributed by atoms with Crippen LogP contribution in [0.4, 0.5) is 0 Å². The summed E-state index contributed by atoms with van der Waals surface area (Å²) in [5.41, 5.74) is 0.616. The standard InChI is InChI=1S/C14H12BrClO2S/c1-18-14(11-3-2-8-19-11)12(15)13(17)9-4-6-10(16)7-5-9/h2-8,12,14H,1H3. The molecule has 0 radical (unpaired) electrons. The molecule has 0 bridgehead atoms. The van der Waals surface area contributed by atoms with E-state index in [4.69, 9.17) is 16.3 Å². The first-order valence-corrected chi connectivity index (χ1v) is 7.81. The summed E-state index contributed by atoms with van der Waals surface area (Å²) in [5.74, 6) is -0.0167. The number of thiophene rings is 1. The van der Waals surface area contributed by atoms with Gasteiger partial charge in [-0.15, -0.1) is 11.3 Å². The second-order valence-corrected chi connectivity index (χ2v) is 6.35. The first-order chi connectivity index (χ1) is 9.13. The minimum Gasteiger partial charge on any atom is -0.374 e. The first kappa shape index (κ1) is 14.7. The summed E-state index contributed by atoms with van der Waals surface area (Å²) in [4.78, 5) is 13.0. The van der Waals surface area contributed by atoms with Gasteiger partial charge in [0.1, 0.15) is 10.9 Å². The van der Waals surface area contributed by atoms with E-state index in [0.717, 1.165) is 4.88 Å². The molecule has 2 rings (SSSR count). The van der Waals surface area contributed by atoms with E-state index in [2.05, 4.69) is 15.9 Å². The van der Waals surface area contributed by atoms with Crippen LogP contribution in [0, 0.1) is 0 Å². The van der Waals surface area contributed by atoms with Gasteiger partial charge in [-0.25, -0.2) is 0 Å². The van der Waals surface area contributed by atoms with Gasteiger partial charge in [-0.1, -0.05) is 33.6 Å². The van der Waals surface area contributed by atoms with Crippen LogP contribution in [0.1, 0.15) is 21.3 Å². The molecule has 2 aromatic rings. The quantitative estimate of drug-likeness (QED) is 0.569. The Morgan fingerprint density at radius 2 is 2.00 bits per heavy atom. The number of hydrogen-bond acceptors (Lipinski definition) is 3. The third-order valence-electron chi connectivity index (χ3n) is 2.72. The molecule has 0 N–H and O–H groups in total. The topological polar surface area (TPSA) is 26.3 Å². The lowest BCUT2D eigenvalue weighted by atomic mass is 10.0. The lowest BCUT2D eigenvalue weighted by Crippen LogP contribution is -2.23. The van der Waals surface area contributed by atoms with Gasteiger partial charge in [-0.3, -0.25) is 4.79 Å². The molecule has 100 valence electrons. The fourth-order valence-electron chi connectivity index (χ4n) is 1.74. The molecule has 1 aromatic carbocycles. The number of Topliss-reactive ketones (excluding diaryl/α,β-unsaturated/α-hetero) is 1. The summed E-state index contributed by atoms with van der Waals surface area (Å²) in [6.45, 7) is 0.